The molecular formula is C18H14F3N3O5. The number of nitro groups is 1. The van der Waals surface area contributed by atoms with Crippen molar-refractivity contribution < 1.29 is 32.5 Å². The topological polar surface area (TPSA) is 103 Å². The summed E-state index contributed by atoms with van der Waals surface area (Å²) in [6.45, 7) is 0.719. The number of aryl methyl sites for hydroxylation is 1. The number of carbonyl (C=O) groups excluding carboxylic acids is 3. The van der Waals surface area contributed by atoms with Crippen molar-refractivity contribution in [3.05, 3.63) is 62.5 Å². The van der Waals surface area contributed by atoms with Gasteiger partial charge in [-0.05, 0) is 26.0 Å². The van der Waals surface area contributed by atoms with Gasteiger partial charge in [-0.1, -0.05) is 6.07 Å². The van der Waals surface area contributed by atoms with Crippen LogP contribution in [0.3, 0.4) is 0 Å². The second-order valence-electron chi connectivity index (χ2n) is 6.56. The average Bonchev–Trinajstić information content (AvgIpc) is 3.03. The molecule has 0 bridgehead atoms. The molecule has 1 aliphatic rings. The maximum Gasteiger partial charge on any atom is 0.406 e. The van der Waals surface area contributed by atoms with Crippen LogP contribution in [0.15, 0.2) is 24.3 Å². The van der Waals surface area contributed by atoms with Gasteiger partial charge in [-0.15, -0.1) is 0 Å². The van der Waals surface area contributed by atoms with Crippen LogP contribution < -0.4 is 0 Å². The molecule has 1 aliphatic heterocycles. The Morgan fingerprint density at radius 1 is 1.17 bits per heavy atom. The molecule has 8 nitrogen and oxygen atoms in total. The first-order chi connectivity index (χ1) is 13.4. The molecule has 2 heterocycles. The second-order valence-corrected chi connectivity index (χ2v) is 6.56. The van der Waals surface area contributed by atoms with Crippen molar-refractivity contribution in [1.29, 1.82) is 0 Å². The van der Waals surface area contributed by atoms with Crippen LogP contribution in [0.25, 0.3) is 0 Å². The number of nitrogens with zero attached hydrogens (tertiary/aromatic N) is 3. The standard InChI is InChI=1S/C18H14F3N3O5/c1-9-6-12(10(2)23(9)8-18(19,20)21)14(25)7-22-16(26)11-4-3-5-13(24(28)29)15(11)17(22)27/h3-6H,7-8H2,1-2H3. The highest BCUT2D eigenvalue weighted by atomic mass is 19.4. The van der Waals surface area contributed by atoms with E-state index in [1.807, 2.05) is 0 Å². The van der Waals surface area contributed by atoms with Crippen LogP contribution in [0.5, 0.6) is 0 Å². The number of carbonyl (C=O) groups is 3. The maximum absolute atomic E-state index is 12.7. The lowest BCUT2D eigenvalue weighted by molar-refractivity contribution is -0.385. The zero-order chi connectivity index (χ0) is 21.7. The minimum Gasteiger partial charge on any atom is -0.339 e. The van der Waals surface area contributed by atoms with E-state index in [1.54, 1.807) is 0 Å². The highest BCUT2D eigenvalue weighted by molar-refractivity contribution is 6.24. The third kappa shape index (κ3) is 3.50. The Bertz CT molecular complexity index is 1070. The SMILES string of the molecule is Cc1cc(C(=O)CN2C(=O)c3cccc([N+](=O)[O-])c3C2=O)c(C)n1CC(F)(F)F. The first-order valence-corrected chi connectivity index (χ1v) is 8.32. The summed E-state index contributed by atoms with van der Waals surface area (Å²) < 4.78 is 39.1. The van der Waals surface area contributed by atoms with Crippen molar-refractivity contribution in [1.82, 2.24) is 9.47 Å². The maximum atomic E-state index is 12.7. The van der Waals surface area contributed by atoms with Crippen molar-refractivity contribution in [3.63, 3.8) is 0 Å². The minimum absolute atomic E-state index is 0.0485. The van der Waals surface area contributed by atoms with Gasteiger partial charge in [-0.25, -0.2) is 0 Å². The molecule has 0 fully saturated rings. The number of aromatic nitrogens is 1. The Labute approximate surface area is 161 Å². The summed E-state index contributed by atoms with van der Waals surface area (Å²) >= 11 is 0. The third-order valence-corrected chi connectivity index (χ3v) is 4.69. The summed E-state index contributed by atoms with van der Waals surface area (Å²) in [4.78, 5) is 48.5. The number of imide groups is 1. The van der Waals surface area contributed by atoms with E-state index in [2.05, 4.69) is 0 Å². The highest BCUT2D eigenvalue weighted by Crippen LogP contribution is 2.31. The number of ketones is 1. The number of alkyl halides is 3. The van der Waals surface area contributed by atoms with Gasteiger partial charge < -0.3 is 4.57 Å². The molecule has 0 saturated heterocycles. The van der Waals surface area contributed by atoms with E-state index >= 15 is 0 Å². The fraction of sp³-hybridized carbons (Fsp3) is 0.278. The van der Waals surface area contributed by atoms with Crippen LogP contribution >= 0.6 is 0 Å². The quantitative estimate of drug-likeness (QED) is 0.327. The Kier molecular flexibility index (Phi) is 4.77. The van der Waals surface area contributed by atoms with Crippen LogP contribution in [0.4, 0.5) is 18.9 Å². The van der Waals surface area contributed by atoms with Gasteiger partial charge in [-0.3, -0.25) is 29.4 Å². The van der Waals surface area contributed by atoms with Crippen molar-refractivity contribution in [3.8, 4) is 0 Å². The fourth-order valence-corrected chi connectivity index (χ4v) is 3.35. The van der Waals surface area contributed by atoms with Crippen LogP contribution in [-0.2, 0) is 6.54 Å². The van der Waals surface area contributed by atoms with Gasteiger partial charge in [0, 0.05) is 23.0 Å². The number of halogens is 3. The largest absolute Gasteiger partial charge is 0.406 e. The van der Waals surface area contributed by atoms with E-state index in [-0.39, 0.29) is 22.5 Å². The Balaban J connectivity index is 1.90. The summed E-state index contributed by atoms with van der Waals surface area (Å²) in [5.74, 6) is -2.61. The van der Waals surface area contributed by atoms with Gasteiger partial charge in [0.1, 0.15) is 12.1 Å². The lowest BCUT2D eigenvalue weighted by atomic mass is 10.1. The lowest BCUT2D eigenvalue weighted by Gasteiger charge is -2.14. The van der Waals surface area contributed by atoms with E-state index < -0.39 is 53.0 Å². The Morgan fingerprint density at radius 2 is 1.83 bits per heavy atom. The monoisotopic (exact) mass is 409 g/mol. The molecule has 2 aromatic rings. The highest BCUT2D eigenvalue weighted by Gasteiger charge is 2.42. The van der Waals surface area contributed by atoms with E-state index in [0.717, 1.165) is 10.6 Å². The van der Waals surface area contributed by atoms with Crippen molar-refractivity contribution in [2.75, 3.05) is 6.54 Å². The zero-order valence-corrected chi connectivity index (χ0v) is 15.2. The molecule has 2 amide bonds. The smallest absolute Gasteiger partial charge is 0.339 e. The van der Waals surface area contributed by atoms with E-state index in [1.165, 1.54) is 32.0 Å². The number of hydrogen-bond donors (Lipinski definition) is 0. The molecule has 3 rings (SSSR count). The average molecular weight is 409 g/mol. The number of hydrogen-bond acceptors (Lipinski definition) is 5. The predicted molar refractivity (Wildman–Crippen MR) is 92.8 cm³/mol. The number of benzene rings is 1. The Hall–Kier alpha value is -3.50. The summed E-state index contributed by atoms with van der Waals surface area (Å²) in [6.07, 6.45) is -4.49. The fourth-order valence-electron chi connectivity index (χ4n) is 3.35. The van der Waals surface area contributed by atoms with E-state index in [0.29, 0.717) is 4.90 Å². The summed E-state index contributed by atoms with van der Waals surface area (Å²) in [5.41, 5.74) is -0.970. The molecule has 0 aliphatic carbocycles. The zero-order valence-electron chi connectivity index (χ0n) is 15.2. The number of Topliss-reactive ketones (excluding diaryl/α,β-unsaturated/α-hetero) is 1. The predicted octanol–water partition coefficient (Wildman–Crippen LogP) is 3.05. The van der Waals surface area contributed by atoms with Crippen molar-refractivity contribution >= 4 is 23.3 Å². The molecule has 0 spiro atoms. The molecule has 0 radical (unpaired) electrons. The molecule has 0 unspecified atom stereocenters. The molecule has 152 valence electrons. The third-order valence-electron chi connectivity index (χ3n) is 4.69. The van der Waals surface area contributed by atoms with Gasteiger partial charge in [0.2, 0.25) is 0 Å². The number of amides is 2. The van der Waals surface area contributed by atoms with Crippen LogP contribution in [0.2, 0.25) is 0 Å². The first-order valence-electron chi connectivity index (χ1n) is 8.32. The molecule has 0 N–H and O–H groups in total. The van der Waals surface area contributed by atoms with Gasteiger partial charge >= 0.3 is 6.18 Å². The normalized spacial score (nSPS) is 13.8. The van der Waals surface area contributed by atoms with Gasteiger partial charge in [0.15, 0.2) is 5.78 Å². The molecule has 1 aromatic heterocycles. The molecule has 1 aromatic carbocycles. The molecule has 29 heavy (non-hydrogen) atoms. The van der Waals surface area contributed by atoms with E-state index in [9.17, 15) is 37.7 Å². The van der Waals surface area contributed by atoms with Gasteiger partial charge in [0.25, 0.3) is 17.5 Å². The van der Waals surface area contributed by atoms with Crippen LogP contribution in [0, 0.1) is 24.0 Å². The molecule has 0 atom stereocenters. The van der Waals surface area contributed by atoms with Crippen LogP contribution in [-0.4, -0.2) is 44.7 Å². The number of nitro benzene ring substituents is 1. The Morgan fingerprint density at radius 3 is 2.41 bits per heavy atom. The first kappa shape index (κ1) is 20.2. The molecule has 0 saturated carbocycles. The molecule has 11 heteroatoms. The summed E-state index contributed by atoms with van der Waals surface area (Å²) in [5, 5.41) is 11.1. The van der Waals surface area contributed by atoms with Gasteiger partial charge in [0.05, 0.1) is 17.0 Å². The minimum atomic E-state index is -4.49. The molecular weight excluding hydrogens is 395 g/mol. The van der Waals surface area contributed by atoms with Crippen molar-refractivity contribution in [2.24, 2.45) is 0 Å². The summed E-state index contributed by atoms with van der Waals surface area (Å²) in [7, 11) is 0. The van der Waals surface area contributed by atoms with Gasteiger partial charge in [-0.2, -0.15) is 13.2 Å². The van der Waals surface area contributed by atoms with Crippen molar-refractivity contribution in [2.45, 2.75) is 26.6 Å². The summed E-state index contributed by atoms with van der Waals surface area (Å²) in [6, 6.07) is 4.81. The van der Waals surface area contributed by atoms with Crippen LogP contribution in [0.1, 0.15) is 42.5 Å². The lowest BCUT2D eigenvalue weighted by Crippen LogP contribution is -2.35. The van der Waals surface area contributed by atoms with E-state index in [4.69, 9.17) is 0 Å². The second kappa shape index (κ2) is 6.83. The number of fused-ring (bicyclic) bond motifs is 1. The number of rotatable bonds is 5.